The molecule has 0 aliphatic heterocycles. The van der Waals surface area contributed by atoms with Crippen molar-refractivity contribution < 1.29 is 0 Å². The summed E-state index contributed by atoms with van der Waals surface area (Å²) in [5.41, 5.74) is 6.54. The molecule has 3 aliphatic carbocycles. The molecule has 0 heteroatoms. The molecular weight excluding hydrogens is 156 g/mol. The van der Waals surface area contributed by atoms with Gasteiger partial charge < -0.3 is 0 Å². The Balaban J connectivity index is 2.07. The fraction of sp³-hybridized carbons (Fsp3) is 0.538. The predicted octanol–water partition coefficient (Wildman–Crippen LogP) is 3.62. The van der Waals surface area contributed by atoms with Gasteiger partial charge in [0.1, 0.15) is 0 Å². The highest BCUT2D eigenvalue weighted by Gasteiger charge is 2.43. The normalized spacial score (nSPS) is 36.2. The van der Waals surface area contributed by atoms with Crippen molar-refractivity contribution >= 4 is 0 Å². The third-order valence-corrected chi connectivity index (χ3v) is 3.74. The fourth-order valence-electron chi connectivity index (χ4n) is 2.83. The molecule has 0 aromatic carbocycles. The first kappa shape index (κ1) is 7.61. The summed E-state index contributed by atoms with van der Waals surface area (Å²) in [5.74, 6) is 1.83. The first-order valence-corrected chi connectivity index (χ1v) is 5.34. The van der Waals surface area contributed by atoms with Crippen molar-refractivity contribution in [2.24, 2.45) is 11.8 Å². The van der Waals surface area contributed by atoms with Crippen LogP contribution in [0.25, 0.3) is 0 Å². The third-order valence-electron chi connectivity index (χ3n) is 3.74. The molecular formula is C13H16. The maximum Gasteiger partial charge on any atom is -0.00875 e. The highest BCUT2D eigenvalue weighted by atomic mass is 14.5. The van der Waals surface area contributed by atoms with Gasteiger partial charge in [0.25, 0.3) is 0 Å². The summed E-state index contributed by atoms with van der Waals surface area (Å²) in [5, 5.41) is 0. The largest absolute Gasteiger partial charge is 0.0727 e. The molecule has 0 heterocycles. The molecule has 0 aromatic rings. The Labute approximate surface area is 80.0 Å². The Morgan fingerprint density at radius 1 is 1.08 bits per heavy atom. The SMILES string of the molecule is CC1=CC2=C(C=C(C)C3CC23)CC1. The van der Waals surface area contributed by atoms with Crippen LogP contribution < -0.4 is 0 Å². The molecule has 0 radical (unpaired) electrons. The number of hydrogen-bond donors (Lipinski definition) is 0. The van der Waals surface area contributed by atoms with Gasteiger partial charge >= 0.3 is 0 Å². The van der Waals surface area contributed by atoms with Gasteiger partial charge in [0.05, 0.1) is 0 Å². The maximum atomic E-state index is 2.45. The van der Waals surface area contributed by atoms with Crippen LogP contribution in [0.4, 0.5) is 0 Å². The molecule has 68 valence electrons. The second-order valence-corrected chi connectivity index (χ2v) is 4.81. The fourth-order valence-corrected chi connectivity index (χ4v) is 2.83. The predicted molar refractivity (Wildman–Crippen MR) is 55.4 cm³/mol. The lowest BCUT2D eigenvalue weighted by atomic mass is 9.85. The molecule has 0 saturated heterocycles. The van der Waals surface area contributed by atoms with Crippen molar-refractivity contribution in [2.45, 2.75) is 33.1 Å². The van der Waals surface area contributed by atoms with Crippen LogP contribution in [0.15, 0.2) is 34.4 Å². The zero-order valence-electron chi connectivity index (χ0n) is 8.43. The molecule has 2 unspecified atom stereocenters. The average Bonchev–Trinajstić information content (AvgIpc) is 2.86. The molecule has 13 heavy (non-hydrogen) atoms. The van der Waals surface area contributed by atoms with Crippen LogP contribution in [-0.2, 0) is 0 Å². The minimum absolute atomic E-state index is 0.912. The van der Waals surface area contributed by atoms with E-state index in [-0.39, 0.29) is 0 Å². The topological polar surface area (TPSA) is 0 Å². The minimum atomic E-state index is 0.912. The number of fused-ring (bicyclic) bond motifs is 2. The zero-order valence-corrected chi connectivity index (χ0v) is 8.43. The molecule has 0 amide bonds. The van der Waals surface area contributed by atoms with E-state index in [1.54, 1.807) is 22.3 Å². The first-order valence-electron chi connectivity index (χ1n) is 5.34. The number of hydrogen-bond acceptors (Lipinski definition) is 0. The van der Waals surface area contributed by atoms with Gasteiger partial charge in [-0.05, 0) is 56.1 Å². The standard InChI is InChI=1S/C13H16/c1-8-3-4-10-6-9(2)11-7-13(11)12(10)5-8/h5-6,11,13H,3-4,7H2,1-2H3. The van der Waals surface area contributed by atoms with Crippen molar-refractivity contribution in [2.75, 3.05) is 0 Å². The van der Waals surface area contributed by atoms with Crippen LogP contribution in [-0.4, -0.2) is 0 Å². The highest BCUT2D eigenvalue weighted by Crippen LogP contribution is 2.54. The van der Waals surface area contributed by atoms with Crippen molar-refractivity contribution in [3.8, 4) is 0 Å². The van der Waals surface area contributed by atoms with E-state index in [4.69, 9.17) is 0 Å². The Morgan fingerprint density at radius 3 is 2.77 bits per heavy atom. The lowest BCUT2D eigenvalue weighted by molar-refractivity contribution is 0.803. The summed E-state index contributed by atoms with van der Waals surface area (Å²) in [6.07, 6.45) is 8.89. The van der Waals surface area contributed by atoms with Crippen molar-refractivity contribution in [1.29, 1.82) is 0 Å². The van der Waals surface area contributed by atoms with Crippen LogP contribution in [0, 0.1) is 11.8 Å². The van der Waals surface area contributed by atoms with Gasteiger partial charge in [-0.15, -0.1) is 0 Å². The maximum absolute atomic E-state index is 2.45. The van der Waals surface area contributed by atoms with Crippen LogP contribution in [0.2, 0.25) is 0 Å². The minimum Gasteiger partial charge on any atom is -0.0727 e. The Morgan fingerprint density at radius 2 is 1.92 bits per heavy atom. The van der Waals surface area contributed by atoms with Crippen molar-refractivity contribution in [1.82, 2.24) is 0 Å². The summed E-state index contributed by atoms with van der Waals surface area (Å²) in [6, 6.07) is 0. The molecule has 0 nitrogen and oxygen atoms in total. The molecule has 0 N–H and O–H groups in total. The van der Waals surface area contributed by atoms with Crippen LogP contribution in [0.3, 0.4) is 0 Å². The van der Waals surface area contributed by atoms with Crippen LogP contribution in [0.1, 0.15) is 33.1 Å². The second-order valence-electron chi connectivity index (χ2n) is 4.81. The summed E-state index contributed by atoms with van der Waals surface area (Å²) in [7, 11) is 0. The monoisotopic (exact) mass is 172 g/mol. The Hall–Kier alpha value is -0.780. The van der Waals surface area contributed by atoms with E-state index in [2.05, 4.69) is 26.0 Å². The molecule has 2 atom stereocenters. The molecule has 1 fully saturated rings. The van der Waals surface area contributed by atoms with E-state index in [0.717, 1.165) is 11.8 Å². The third kappa shape index (κ3) is 1.04. The molecule has 0 spiro atoms. The zero-order chi connectivity index (χ0) is 9.00. The highest BCUT2D eigenvalue weighted by molar-refractivity contribution is 5.49. The molecule has 0 bridgehead atoms. The van der Waals surface area contributed by atoms with Gasteiger partial charge in [0, 0.05) is 0 Å². The van der Waals surface area contributed by atoms with E-state index in [0.29, 0.717) is 0 Å². The van der Waals surface area contributed by atoms with Gasteiger partial charge in [-0.3, -0.25) is 0 Å². The van der Waals surface area contributed by atoms with E-state index in [1.807, 2.05) is 0 Å². The van der Waals surface area contributed by atoms with Crippen molar-refractivity contribution in [3.05, 3.63) is 34.4 Å². The van der Waals surface area contributed by atoms with Gasteiger partial charge in [0.2, 0.25) is 0 Å². The second kappa shape index (κ2) is 2.37. The van der Waals surface area contributed by atoms with E-state index < -0.39 is 0 Å². The lowest BCUT2D eigenvalue weighted by Crippen LogP contribution is -2.04. The Bertz CT molecular complexity index is 352. The quantitative estimate of drug-likeness (QED) is 0.523. The van der Waals surface area contributed by atoms with Gasteiger partial charge in [0.15, 0.2) is 0 Å². The van der Waals surface area contributed by atoms with E-state index >= 15 is 0 Å². The lowest BCUT2D eigenvalue weighted by Gasteiger charge is -2.20. The summed E-state index contributed by atoms with van der Waals surface area (Å²) in [4.78, 5) is 0. The van der Waals surface area contributed by atoms with E-state index in [1.165, 1.54) is 19.3 Å². The van der Waals surface area contributed by atoms with Crippen LogP contribution >= 0.6 is 0 Å². The smallest absolute Gasteiger partial charge is 0.00875 e. The van der Waals surface area contributed by atoms with Gasteiger partial charge in [-0.2, -0.15) is 0 Å². The van der Waals surface area contributed by atoms with Gasteiger partial charge in [-0.1, -0.05) is 23.3 Å². The summed E-state index contributed by atoms with van der Waals surface area (Å²) >= 11 is 0. The van der Waals surface area contributed by atoms with E-state index in [9.17, 15) is 0 Å². The molecule has 0 aromatic heterocycles. The Kier molecular flexibility index (Phi) is 1.39. The van der Waals surface area contributed by atoms with Gasteiger partial charge in [-0.25, -0.2) is 0 Å². The van der Waals surface area contributed by atoms with Crippen LogP contribution in [0.5, 0.6) is 0 Å². The molecule has 3 aliphatic rings. The summed E-state index contributed by atoms with van der Waals surface area (Å²) in [6.45, 7) is 4.58. The van der Waals surface area contributed by atoms with Crippen molar-refractivity contribution in [3.63, 3.8) is 0 Å². The summed E-state index contributed by atoms with van der Waals surface area (Å²) < 4.78 is 0. The number of rotatable bonds is 0. The molecule has 3 rings (SSSR count). The first-order chi connectivity index (χ1) is 6.25. The average molecular weight is 172 g/mol. The molecule has 1 saturated carbocycles. The number of allylic oxidation sites excluding steroid dienone is 6.